The molecule has 5 heteroatoms. The summed E-state index contributed by atoms with van der Waals surface area (Å²) in [5.41, 5.74) is 1.74. The third-order valence-electron chi connectivity index (χ3n) is 4.06. The highest BCUT2D eigenvalue weighted by molar-refractivity contribution is 5.82. The van der Waals surface area contributed by atoms with Gasteiger partial charge in [0.15, 0.2) is 11.9 Å². The van der Waals surface area contributed by atoms with Gasteiger partial charge in [-0.15, -0.1) is 0 Å². The van der Waals surface area contributed by atoms with E-state index < -0.39 is 6.10 Å². The van der Waals surface area contributed by atoms with Crippen LogP contribution in [0.15, 0.2) is 42.6 Å². The first-order valence-electron chi connectivity index (χ1n) is 7.86. The number of aromatic nitrogens is 2. The standard InChI is InChI=1S/C18H21N3O2/c1-12-10-11-19-17(20-12)15(13-8-9-13)21-18(22)16(23-2)14-6-4-3-5-7-14/h3-7,10-11,13,15-16H,8-9H2,1-2H3,(H,21,22)/t15-,16-/m0/s1. The van der Waals surface area contributed by atoms with Gasteiger partial charge in [0.2, 0.25) is 0 Å². The van der Waals surface area contributed by atoms with Crippen molar-refractivity contribution in [1.82, 2.24) is 15.3 Å². The highest BCUT2D eigenvalue weighted by Crippen LogP contribution is 2.40. The van der Waals surface area contributed by atoms with Crippen molar-refractivity contribution in [1.29, 1.82) is 0 Å². The van der Waals surface area contributed by atoms with Crippen molar-refractivity contribution in [3.8, 4) is 0 Å². The maximum Gasteiger partial charge on any atom is 0.254 e. The molecule has 5 nitrogen and oxygen atoms in total. The lowest BCUT2D eigenvalue weighted by atomic mass is 10.1. The molecule has 1 fully saturated rings. The molecule has 0 saturated heterocycles. The molecule has 0 bridgehead atoms. The van der Waals surface area contributed by atoms with Crippen LogP contribution < -0.4 is 5.32 Å². The Kier molecular flexibility index (Phi) is 4.67. The molecule has 1 aliphatic rings. The summed E-state index contributed by atoms with van der Waals surface area (Å²) in [4.78, 5) is 21.5. The highest BCUT2D eigenvalue weighted by atomic mass is 16.5. The van der Waals surface area contributed by atoms with Crippen LogP contribution >= 0.6 is 0 Å². The average Bonchev–Trinajstić information content (AvgIpc) is 3.39. The zero-order valence-electron chi connectivity index (χ0n) is 13.4. The first kappa shape index (κ1) is 15.6. The van der Waals surface area contributed by atoms with Gasteiger partial charge >= 0.3 is 0 Å². The molecule has 0 unspecified atom stereocenters. The molecule has 1 aliphatic carbocycles. The van der Waals surface area contributed by atoms with Crippen LogP contribution in [-0.4, -0.2) is 23.0 Å². The summed E-state index contributed by atoms with van der Waals surface area (Å²) < 4.78 is 5.41. The minimum Gasteiger partial charge on any atom is -0.367 e. The SMILES string of the molecule is CO[C@H](C(=O)N[C@H](c1nccc(C)n1)C1CC1)c1ccccc1. The van der Waals surface area contributed by atoms with Crippen LogP contribution in [-0.2, 0) is 9.53 Å². The summed E-state index contributed by atoms with van der Waals surface area (Å²) in [6.45, 7) is 1.93. The van der Waals surface area contributed by atoms with Crippen molar-refractivity contribution in [3.05, 3.63) is 59.7 Å². The van der Waals surface area contributed by atoms with Gasteiger partial charge in [0.1, 0.15) is 0 Å². The fraction of sp³-hybridized carbons (Fsp3) is 0.389. The fourth-order valence-electron chi connectivity index (χ4n) is 2.69. The largest absolute Gasteiger partial charge is 0.367 e. The lowest BCUT2D eigenvalue weighted by Gasteiger charge is -2.21. The monoisotopic (exact) mass is 311 g/mol. The molecule has 1 amide bonds. The second-order valence-corrected chi connectivity index (χ2v) is 5.91. The summed E-state index contributed by atoms with van der Waals surface area (Å²) in [5, 5.41) is 3.08. The minimum atomic E-state index is -0.623. The van der Waals surface area contributed by atoms with Crippen LogP contribution in [0.1, 0.15) is 42.1 Å². The van der Waals surface area contributed by atoms with E-state index in [0.717, 1.165) is 24.1 Å². The van der Waals surface area contributed by atoms with Gasteiger partial charge in [0.05, 0.1) is 6.04 Å². The van der Waals surface area contributed by atoms with Crippen molar-refractivity contribution in [3.63, 3.8) is 0 Å². The second kappa shape index (κ2) is 6.87. The van der Waals surface area contributed by atoms with Crippen molar-refractivity contribution in [2.24, 2.45) is 5.92 Å². The molecule has 1 N–H and O–H groups in total. The Bertz CT molecular complexity index is 671. The lowest BCUT2D eigenvalue weighted by Crippen LogP contribution is -2.35. The quantitative estimate of drug-likeness (QED) is 0.891. The smallest absolute Gasteiger partial charge is 0.254 e. The number of carbonyl (C=O) groups is 1. The normalized spacial score (nSPS) is 16.6. The summed E-state index contributed by atoms with van der Waals surface area (Å²) >= 11 is 0. The molecule has 1 aromatic carbocycles. The van der Waals surface area contributed by atoms with Crippen molar-refractivity contribution in [2.45, 2.75) is 31.9 Å². The van der Waals surface area contributed by atoms with Gasteiger partial charge in [-0.25, -0.2) is 9.97 Å². The molecule has 0 aliphatic heterocycles. The second-order valence-electron chi connectivity index (χ2n) is 5.91. The van der Waals surface area contributed by atoms with E-state index in [1.54, 1.807) is 13.3 Å². The minimum absolute atomic E-state index is 0.149. The number of ether oxygens (including phenoxy) is 1. The molecule has 0 spiro atoms. The number of rotatable bonds is 6. The number of aryl methyl sites for hydroxylation is 1. The van der Waals surface area contributed by atoms with Gasteiger partial charge in [0, 0.05) is 19.0 Å². The Hall–Kier alpha value is -2.27. The average molecular weight is 311 g/mol. The predicted octanol–water partition coefficient (Wildman–Crippen LogP) is 2.74. The number of hydrogen-bond donors (Lipinski definition) is 1. The van der Waals surface area contributed by atoms with E-state index in [1.165, 1.54) is 0 Å². The summed E-state index contributed by atoms with van der Waals surface area (Å²) in [5.74, 6) is 0.943. The summed E-state index contributed by atoms with van der Waals surface area (Å²) in [7, 11) is 1.55. The molecule has 120 valence electrons. The molecule has 23 heavy (non-hydrogen) atoms. The first-order valence-corrected chi connectivity index (χ1v) is 7.86. The van der Waals surface area contributed by atoms with Crippen LogP contribution in [0.2, 0.25) is 0 Å². The van der Waals surface area contributed by atoms with Gasteiger partial charge in [0.25, 0.3) is 5.91 Å². The molecule has 0 radical (unpaired) electrons. The van der Waals surface area contributed by atoms with Gasteiger partial charge < -0.3 is 10.1 Å². The predicted molar refractivity (Wildman–Crippen MR) is 86.6 cm³/mol. The topological polar surface area (TPSA) is 64.1 Å². The van der Waals surface area contributed by atoms with E-state index >= 15 is 0 Å². The van der Waals surface area contributed by atoms with Crippen LogP contribution in [0, 0.1) is 12.8 Å². The van der Waals surface area contributed by atoms with Gasteiger partial charge in [-0.2, -0.15) is 0 Å². The number of methoxy groups -OCH3 is 1. The van der Waals surface area contributed by atoms with Crippen LogP contribution in [0.3, 0.4) is 0 Å². The zero-order chi connectivity index (χ0) is 16.2. The van der Waals surface area contributed by atoms with E-state index in [4.69, 9.17) is 4.74 Å². The number of nitrogens with one attached hydrogen (secondary N) is 1. The van der Waals surface area contributed by atoms with Crippen molar-refractivity contribution >= 4 is 5.91 Å². The number of amides is 1. The fourth-order valence-corrected chi connectivity index (χ4v) is 2.69. The molecule has 1 saturated carbocycles. The number of hydrogen-bond acceptors (Lipinski definition) is 4. The lowest BCUT2D eigenvalue weighted by molar-refractivity contribution is -0.132. The Balaban J connectivity index is 1.78. The Morgan fingerprint density at radius 1 is 1.26 bits per heavy atom. The maximum atomic E-state index is 12.7. The van der Waals surface area contributed by atoms with E-state index in [0.29, 0.717) is 11.7 Å². The van der Waals surface area contributed by atoms with E-state index in [1.807, 2.05) is 43.3 Å². The maximum absolute atomic E-state index is 12.7. The highest BCUT2D eigenvalue weighted by Gasteiger charge is 2.36. The molecular formula is C18H21N3O2. The summed E-state index contributed by atoms with van der Waals surface area (Å²) in [6, 6.07) is 11.2. The number of carbonyl (C=O) groups excluding carboxylic acids is 1. The molecule has 2 aromatic rings. The third-order valence-corrected chi connectivity index (χ3v) is 4.06. The van der Waals surface area contributed by atoms with Gasteiger partial charge in [-0.05, 0) is 37.3 Å². The van der Waals surface area contributed by atoms with Gasteiger partial charge in [-0.3, -0.25) is 4.79 Å². The molecule has 2 atom stereocenters. The van der Waals surface area contributed by atoms with Crippen molar-refractivity contribution in [2.75, 3.05) is 7.11 Å². The van der Waals surface area contributed by atoms with Gasteiger partial charge in [-0.1, -0.05) is 30.3 Å². The molecule has 3 rings (SSSR count). The zero-order valence-corrected chi connectivity index (χ0v) is 13.4. The van der Waals surface area contributed by atoms with Crippen LogP contribution in [0.25, 0.3) is 0 Å². The molecule has 1 heterocycles. The van der Waals surface area contributed by atoms with E-state index in [-0.39, 0.29) is 11.9 Å². The molecule has 1 aromatic heterocycles. The van der Waals surface area contributed by atoms with Crippen LogP contribution in [0.4, 0.5) is 0 Å². The van der Waals surface area contributed by atoms with Crippen molar-refractivity contribution < 1.29 is 9.53 Å². The van der Waals surface area contributed by atoms with E-state index in [2.05, 4.69) is 15.3 Å². The Morgan fingerprint density at radius 2 is 2.00 bits per heavy atom. The number of nitrogens with zero attached hydrogens (tertiary/aromatic N) is 2. The Labute approximate surface area is 136 Å². The number of benzene rings is 1. The van der Waals surface area contributed by atoms with Crippen LogP contribution in [0.5, 0.6) is 0 Å². The third kappa shape index (κ3) is 3.74. The first-order chi connectivity index (χ1) is 11.2. The molecular weight excluding hydrogens is 290 g/mol. The summed E-state index contributed by atoms with van der Waals surface area (Å²) in [6.07, 6.45) is 3.29. The Morgan fingerprint density at radius 3 is 2.61 bits per heavy atom. The van der Waals surface area contributed by atoms with E-state index in [9.17, 15) is 4.79 Å².